The SMILES string of the molecule is CCOC(=O)c1nc(C)c2c(c1C)CN(S(=O)(=O)c1ccc(C)cc1)C2. The third-order valence-electron chi connectivity index (χ3n) is 4.68. The van der Waals surface area contributed by atoms with Crippen molar-refractivity contribution in [1.29, 1.82) is 0 Å². The van der Waals surface area contributed by atoms with Crippen LogP contribution in [0.25, 0.3) is 0 Å². The predicted octanol–water partition coefficient (Wildman–Crippen LogP) is 2.89. The summed E-state index contributed by atoms with van der Waals surface area (Å²) in [4.78, 5) is 16.8. The molecule has 138 valence electrons. The predicted molar refractivity (Wildman–Crippen MR) is 97.3 cm³/mol. The molecule has 0 bridgehead atoms. The number of carbonyl (C=O) groups is 1. The van der Waals surface area contributed by atoms with Gasteiger partial charge in [-0.15, -0.1) is 0 Å². The summed E-state index contributed by atoms with van der Waals surface area (Å²) < 4.78 is 32.4. The summed E-state index contributed by atoms with van der Waals surface area (Å²) in [5.74, 6) is -0.476. The lowest BCUT2D eigenvalue weighted by Crippen LogP contribution is -2.25. The van der Waals surface area contributed by atoms with Gasteiger partial charge in [0.25, 0.3) is 0 Å². The van der Waals surface area contributed by atoms with Gasteiger partial charge in [-0.3, -0.25) is 0 Å². The van der Waals surface area contributed by atoms with Crippen LogP contribution in [0.5, 0.6) is 0 Å². The molecule has 0 aliphatic carbocycles. The maximum atomic E-state index is 13.0. The molecule has 0 atom stereocenters. The van der Waals surface area contributed by atoms with Crippen LogP contribution in [0.4, 0.5) is 0 Å². The second-order valence-electron chi connectivity index (χ2n) is 6.43. The number of aromatic nitrogens is 1. The van der Waals surface area contributed by atoms with Gasteiger partial charge in [0.05, 0.1) is 11.5 Å². The highest BCUT2D eigenvalue weighted by molar-refractivity contribution is 7.89. The van der Waals surface area contributed by atoms with E-state index in [1.54, 1.807) is 45.0 Å². The number of nitrogens with zero attached hydrogens (tertiary/aromatic N) is 2. The summed E-state index contributed by atoms with van der Waals surface area (Å²) >= 11 is 0. The molecule has 0 spiro atoms. The molecule has 0 saturated carbocycles. The first-order chi connectivity index (χ1) is 12.3. The highest BCUT2D eigenvalue weighted by atomic mass is 32.2. The van der Waals surface area contributed by atoms with Crippen LogP contribution in [-0.2, 0) is 27.8 Å². The Morgan fingerprint density at radius 1 is 1.12 bits per heavy atom. The minimum atomic E-state index is -3.61. The number of aryl methyl sites for hydroxylation is 2. The van der Waals surface area contributed by atoms with Gasteiger partial charge in [0.2, 0.25) is 10.0 Å². The Balaban J connectivity index is 1.98. The molecule has 7 heteroatoms. The van der Waals surface area contributed by atoms with E-state index in [0.717, 1.165) is 16.7 Å². The number of benzene rings is 1. The zero-order valence-corrected chi connectivity index (χ0v) is 16.2. The molecule has 0 amide bonds. The van der Waals surface area contributed by atoms with E-state index in [1.807, 2.05) is 6.92 Å². The molecule has 1 aromatic carbocycles. The number of rotatable bonds is 4. The molecule has 6 nitrogen and oxygen atoms in total. The van der Waals surface area contributed by atoms with Crippen LogP contribution >= 0.6 is 0 Å². The van der Waals surface area contributed by atoms with Crippen molar-refractivity contribution in [2.24, 2.45) is 0 Å². The van der Waals surface area contributed by atoms with Gasteiger partial charge in [-0.25, -0.2) is 18.2 Å². The van der Waals surface area contributed by atoms with Gasteiger partial charge in [0.15, 0.2) is 5.69 Å². The fourth-order valence-corrected chi connectivity index (χ4v) is 4.54. The fraction of sp³-hybridized carbons (Fsp3) is 0.368. The molecule has 3 rings (SSSR count). The molecule has 1 aliphatic heterocycles. The topological polar surface area (TPSA) is 76.6 Å². The van der Waals surface area contributed by atoms with Crippen molar-refractivity contribution < 1.29 is 17.9 Å². The van der Waals surface area contributed by atoms with E-state index in [2.05, 4.69) is 4.98 Å². The average Bonchev–Trinajstić information content (AvgIpc) is 3.06. The molecule has 1 aliphatic rings. The van der Waals surface area contributed by atoms with Gasteiger partial charge in [-0.05, 0) is 56.5 Å². The number of fused-ring (bicyclic) bond motifs is 1. The van der Waals surface area contributed by atoms with Crippen LogP contribution in [-0.4, -0.2) is 30.3 Å². The lowest BCUT2D eigenvalue weighted by molar-refractivity contribution is 0.0518. The van der Waals surface area contributed by atoms with E-state index in [4.69, 9.17) is 4.74 Å². The third kappa shape index (κ3) is 3.12. The smallest absolute Gasteiger partial charge is 0.357 e. The van der Waals surface area contributed by atoms with Gasteiger partial charge in [0, 0.05) is 18.8 Å². The summed E-state index contributed by atoms with van der Waals surface area (Å²) in [6, 6.07) is 6.81. The van der Waals surface area contributed by atoms with Crippen molar-refractivity contribution in [2.75, 3.05) is 6.61 Å². The largest absolute Gasteiger partial charge is 0.461 e. The Kier molecular flexibility index (Phi) is 4.86. The van der Waals surface area contributed by atoms with Crippen LogP contribution in [0.1, 0.15) is 45.4 Å². The van der Waals surface area contributed by atoms with Crippen molar-refractivity contribution in [3.05, 3.63) is 57.9 Å². The molecule has 0 radical (unpaired) electrons. The second kappa shape index (κ2) is 6.81. The minimum absolute atomic E-state index is 0.229. The van der Waals surface area contributed by atoms with Crippen molar-refractivity contribution in [2.45, 2.75) is 45.7 Å². The summed E-state index contributed by atoms with van der Waals surface area (Å²) in [6.45, 7) is 7.99. The molecule has 1 aromatic heterocycles. The van der Waals surface area contributed by atoms with Gasteiger partial charge in [0.1, 0.15) is 0 Å². The first-order valence-corrected chi connectivity index (χ1v) is 9.92. The molecule has 0 fully saturated rings. The summed E-state index contributed by atoms with van der Waals surface area (Å²) in [7, 11) is -3.61. The Hall–Kier alpha value is -2.25. The van der Waals surface area contributed by atoms with Crippen molar-refractivity contribution >= 4 is 16.0 Å². The molecule has 0 saturated heterocycles. The number of esters is 1. The number of ether oxygens (including phenoxy) is 1. The monoisotopic (exact) mass is 374 g/mol. The summed E-state index contributed by atoms with van der Waals surface area (Å²) in [5, 5.41) is 0. The van der Waals surface area contributed by atoms with E-state index in [-0.39, 0.29) is 30.3 Å². The molecular formula is C19H22N2O4S. The Labute approximate surface area is 153 Å². The fourth-order valence-electron chi connectivity index (χ4n) is 3.17. The summed E-state index contributed by atoms with van der Waals surface area (Å²) in [5.41, 5.74) is 4.32. The first-order valence-electron chi connectivity index (χ1n) is 8.48. The molecule has 26 heavy (non-hydrogen) atoms. The lowest BCUT2D eigenvalue weighted by atomic mass is 10.0. The van der Waals surface area contributed by atoms with Crippen LogP contribution in [0, 0.1) is 20.8 Å². The normalized spacial score (nSPS) is 14.3. The van der Waals surface area contributed by atoms with Crippen LogP contribution in [0.3, 0.4) is 0 Å². The summed E-state index contributed by atoms with van der Waals surface area (Å²) in [6.07, 6.45) is 0. The molecule has 0 unspecified atom stereocenters. The average molecular weight is 374 g/mol. The van der Waals surface area contributed by atoms with Crippen molar-refractivity contribution in [3.8, 4) is 0 Å². The minimum Gasteiger partial charge on any atom is -0.461 e. The number of carbonyl (C=O) groups excluding carboxylic acids is 1. The highest BCUT2D eigenvalue weighted by Gasteiger charge is 2.34. The molecule has 2 aromatic rings. The van der Waals surface area contributed by atoms with E-state index in [1.165, 1.54) is 4.31 Å². The van der Waals surface area contributed by atoms with Crippen molar-refractivity contribution in [3.63, 3.8) is 0 Å². The van der Waals surface area contributed by atoms with Crippen LogP contribution < -0.4 is 0 Å². The Morgan fingerprint density at radius 2 is 1.73 bits per heavy atom. The second-order valence-corrected chi connectivity index (χ2v) is 8.37. The van der Waals surface area contributed by atoms with E-state index in [0.29, 0.717) is 11.3 Å². The van der Waals surface area contributed by atoms with E-state index in [9.17, 15) is 13.2 Å². The zero-order chi connectivity index (χ0) is 19.1. The Bertz CT molecular complexity index is 966. The maximum Gasteiger partial charge on any atom is 0.357 e. The third-order valence-corrected chi connectivity index (χ3v) is 6.49. The molecule has 2 heterocycles. The number of pyridine rings is 1. The van der Waals surface area contributed by atoms with E-state index >= 15 is 0 Å². The van der Waals surface area contributed by atoms with Gasteiger partial charge in [-0.2, -0.15) is 4.31 Å². The van der Waals surface area contributed by atoms with Crippen LogP contribution in [0.2, 0.25) is 0 Å². The standard InChI is InChI=1S/C19H22N2O4S/c1-5-25-19(22)18-13(3)16-10-21(11-17(16)14(4)20-18)26(23,24)15-8-6-12(2)7-9-15/h6-9H,5,10-11H2,1-4H3. The Morgan fingerprint density at radius 3 is 2.35 bits per heavy atom. The number of hydrogen-bond acceptors (Lipinski definition) is 5. The van der Waals surface area contributed by atoms with Crippen LogP contribution in [0.15, 0.2) is 29.2 Å². The lowest BCUT2D eigenvalue weighted by Gasteiger charge is -2.15. The van der Waals surface area contributed by atoms with Gasteiger partial charge >= 0.3 is 5.97 Å². The quantitative estimate of drug-likeness (QED) is 0.769. The first kappa shape index (κ1) is 18.5. The maximum absolute atomic E-state index is 13.0. The highest BCUT2D eigenvalue weighted by Crippen LogP contribution is 2.33. The van der Waals surface area contributed by atoms with Gasteiger partial charge < -0.3 is 4.74 Å². The number of hydrogen-bond donors (Lipinski definition) is 0. The molecule has 0 N–H and O–H groups in total. The van der Waals surface area contributed by atoms with E-state index < -0.39 is 16.0 Å². The molecular weight excluding hydrogens is 352 g/mol. The number of sulfonamides is 1. The van der Waals surface area contributed by atoms with Crippen molar-refractivity contribution in [1.82, 2.24) is 9.29 Å². The zero-order valence-electron chi connectivity index (χ0n) is 15.4. The van der Waals surface area contributed by atoms with Gasteiger partial charge in [-0.1, -0.05) is 17.7 Å².